The van der Waals surface area contributed by atoms with E-state index in [4.69, 9.17) is 5.73 Å². The molecule has 10 heteroatoms. The molecule has 0 aliphatic carbocycles. The van der Waals surface area contributed by atoms with Crippen molar-refractivity contribution in [2.24, 2.45) is 17.1 Å². The summed E-state index contributed by atoms with van der Waals surface area (Å²) in [5.41, 5.74) is 5.43. The molecule has 0 spiro atoms. The predicted molar refractivity (Wildman–Crippen MR) is 178 cm³/mol. The van der Waals surface area contributed by atoms with Gasteiger partial charge in [0.15, 0.2) is 0 Å². The Balaban J connectivity index is 1.78. The van der Waals surface area contributed by atoms with Crippen molar-refractivity contribution in [2.75, 3.05) is 33.7 Å². The molecule has 2 fully saturated rings. The molecule has 0 aromatic heterocycles. The van der Waals surface area contributed by atoms with Crippen molar-refractivity contribution in [1.82, 2.24) is 25.3 Å². The number of primary amides is 1. The Morgan fingerprint density at radius 2 is 1.60 bits per heavy atom. The number of carbonyl (C=O) groups is 4. The number of hydrogen-bond acceptors (Lipinski definition) is 6. The highest BCUT2D eigenvalue weighted by Crippen LogP contribution is 2.30. The minimum absolute atomic E-state index is 0.0618. The lowest BCUT2D eigenvalue weighted by Crippen LogP contribution is -2.62. The number of carbonyl (C=O) groups excluding carboxylic acids is 4. The summed E-state index contributed by atoms with van der Waals surface area (Å²) in [6, 6.07) is 8.01. The second-order valence-electron chi connectivity index (χ2n) is 15.0. The van der Waals surface area contributed by atoms with E-state index in [1.165, 1.54) is 0 Å². The zero-order valence-corrected chi connectivity index (χ0v) is 29.1. The fourth-order valence-electron chi connectivity index (χ4n) is 7.20. The van der Waals surface area contributed by atoms with E-state index in [9.17, 15) is 19.2 Å². The van der Waals surface area contributed by atoms with E-state index < -0.39 is 22.9 Å². The smallest absolute Gasteiger partial charge is 0.245 e. The third-order valence-corrected chi connectivity index (χ3v) is 9.97. The maximum atomic E-state index is 14.3. The largest absolute Gasteiger partial charge is 0.370 e. The standard InChI is InChI=1S/C35H58N6O4/c1-23(2)27(22-40-19-14-18-26(40)32(44)41-20-13-17-25(41)21-28(36)42)39(9)33(45)30(34(3,4)5)38-31(43)29(37-8)35(6,7)24-15-11-10-12-16-24/h10-12,15-16,23,25-27,29-30,37H,13-14,17-22H2,1-9H3,(H2,36,42)(H,38,43)/t25-,26?,27?,29+,30?/m0/s1. The van der Waals surface area contributed by atoms with Gasteiger partial charge in [-0.25, -0.2) is 0 Å². The molecule has 5 atom stereocenters. The number of nitrogens with one attached hydrogen (secondary N) is 2. The highest BCUT2D eigenvalue weighted by molar-refractivity contribution is 5.91. The van der Waals surface area contributed by atoms with E-state index in [1.54, 1.807) is 11.9 Å². The summed E-state index contributed by atoms with van der Waals surface area (Å²) < 4.78 is 0. The van der Waals surface area contributed by atoms with Crippen molar-refractivity contribution in [3.8, 4) is 0 Å². The van der Waals surface area contributed by atoms with Gasteiger partial charge in [0.25, 0.3) is 0 Å². The zero-order valence-electron chi connectivity index (χ0n) is 29.1. The van der Waals surface area contributed by atoms with Crippen molar-refractivity contribution in [1.29, 1.82) is 0 Å². The van der Waals surface area contributed by atoms with Gasteiger partial charge in [-0.15, -0.1) is 0 Å². The second-order valence-corrected chi connectivity index (χ2v) is 15.0. The molecule has 0 saturated carbocycles. The SMILES string of the molecule is CN[C@H](C(=O)NC(C(=O)N(C)C(CN1CCCC1C(=O)N1CCC[C@H]1CC(N)=O)C(C)C)C(C)(C)C)C(C)(C)c1ccccc1. The van der Waals surface area contributed by atoms with Crippen LogP contribution in [0.15, 0.2) is 30.3 Å². The van der Waals surface area contributed by atoms with Gasteiger partial charge in [-0.2, -0.15) is 0 Å². The van der Waals surface area contributed by atoms with Gasteiger partial charge >= 0.3 is 0 Å². The molecular formula is C35H58N6O4. The molecule has 2 heterocycles. The zero-order chi connectivity index (χ0) is 33.7. The predicted octanol–water partition coefficient (Wildman–Crippen LogP) is 2.90. The van der Waals surface area contributed by atoms with Crippen LogP contribution in [-0.2, 0) is 24.6 Å². The number of likely N-dealkylation sites (N-methyl/N-ethyl adjacent to an activating group) is 2. The molecule has 1 aromatic rings. The molecule has 2 saturated heterocycles. The summed E-state index contributed by atoms with van der Waals surface area (Å²) in [4.78, 5) is 59.4. The molecular weight excluding hydrogens is 568 g/mol. The van der Waals surface area contributed by atoms with Crippen LogP contribution in [0.4, 0.5) is 0 Å². The molecule has 252 valence electrons. The third kappa shape index (κ3) is 8.64. The highest BCUT2D eigenvalue weighted by atomic mass is 16.2. The molecule has 2 aliphatic heterocycles. The van der Waals surface area contributed by atoms with E-state index >= 15 is 0 Å². The van der Waals surface area contributed by atoms with Crippen LogP contribution in [0.2, 0.25) is 0 Å². The molecule has 1 aromatic carbocycles. The summed E-state index contributed by atoms with van der Waals surface area (Å²) in [6.45, 7) is 16.1. The summed E-state index contributed by atoms with van der Waals surface area (Å²) in [5.74, 6) is -0.580. The van der Waals surface area contributed by atoms with E-state index in [1.807, 2.05) is 76.9 Å². The number of benzene rings is 1. The monoisotopic (exact) mass is 626 g/mol. The summed E-state index contributed by atoms with van der Waals surface area (Å²) in [5, 5.41) is 6.33. The minimum atomic E-state index is -0.756. The Labute approximate surface area is 270 Å². The van der Waals surface area contributed by atoms with E-state index in [0.717, 1.165) is 37.8 Å². The Morgan fingerprint density at radius 3 is 2.16 bits per heavy atom. The minimum Gasteiger partial charge on any atom is -0.370 e. The Hall–Kier alpha value is -2.98. The number of nitrogens with zero attached hydrogens (tertiary/aromatic N) is 3. The van der Waals surface area contributed by atoms with Crippen molar-refractivity contribution in [3.05, 3.63) is 35.9 Å². The normalized spacial score (nSPS) is 21.4. The second kappa shape index (κ2) is 15.1. The maximum Gasteiger partial charge on any atom is 0.245 e. The van der Waals surface area contributed by atoms with Crippen LogP contribution in [0.5, 0.6) is 0 Å². The van der Waals surface area contributed by atoms with Crippen molar-refractivity contribution in [2.45, 2.75) is 116 Å². The first-order valence-corrected chi connectivity index (χ1v) is 16.6. The lowest BCUT2D eigenvalue weighted by molar-refractivity contribution is -0.142. The lowest BCUT2D eigenvalue weighted by atomic mass is 9.76. The first-order chi connectivity index (χ1) is 21.0. The topological polar surface area (TPSA) is 128 Å². The Morgan fingerprint density at radius 1 is 0.978 bits per heavy atom. The van der Waals surface area contributed by atoms with Crippen molar-refractivity contribution in [3.63, 3.8) is 0 Å². The average molecular weight is 627 g/mol. The first-order valence-electron chi connectivity index (χ1n) is 16.6. The molecule has 4 amide bonds. The first kappa shape index (κ1) is 36.5. The van der Waals surface area contributed by atoms with Crippen LogP contribution in [0.3, 0.4) is 0 Å². The van der Waals surface area contributed by atoms with Gasteiger partial charge in [0.1, 0.15) is 6.04 Å². The number of amides is 4. The van der Waals surface area contributed by atoms with Crippen LogP contribution in [0, 0.1) is 11.3 Å². The van der Waals surface area contributed by atoms with Crippen molar-refractivity contribution < 1.29 is 19.2 Å². The van der Waals surface area contributed by atoms with Crippen LogP contribution < -0.4 is 16.4 Å². The highest BCUT2D eigenvalue weighted by Gasteiger charge is 2.44. The molecule has 0 radical (unpaired) electrons. The molecule has 3 unspecified atom stereocenters. The molecule has 3 rings (SSSR count). The Kier molecular flexibility index (Phi) is 12.2. The van der Waals surface area contributed by atoms with Crippen LogP contribution in [0.1, 0.15) is 86.1 Å². The average Bonchev–Trinajstić information content (AvgIpc) is 3.62. The lowest BCUT2D eigenvalue weighted by Gasteiger charge is -2.42. The van der Waals surface area contributed by atoms with E-state index in [-0.39, 0.29) is 54.1 Å². The summed E-state index contributed by atoms with van der Waals surface area (Å²) in [7, 11) is 3.59. The number of rotatable bonds is 13. The fraction of sp³-hybridized carbons (Fsp3) is 0.714. The van der Waals surface area contributed by atoms with Gasteiger partial charge in [0.2, 0.25) is 23.6 Å². The number of nitrogens with two attached hydrogens (primary N) is 1. The van der Waals surface area contributed by atoms with Crippen LogP contribution in [-0.4, -0.2) is 102 Å². The van der Waals surface area contributed by atoms with Gasteiger partial charge in [-0.3, -0.25) is 24.1 Å². The van der Waals surface area contributed by atoms with Gasteiger partial charge in [0, 0.05) is 44.1 Å². The molecule has 45 heavy (non-hydrogen) atoms. The molecule has 4 N–H and O–H groups in total. The summed E-state index contributed by atoms with van der Waals surface area (Å²) >= 11 is 0. The maximum absolute atomic E-state index is 14.3. The van der Waals surface area contributed by atoms with E-state index in [0.29, 0.717) is 13.1 Å². The molecule has 10 nitrogen and oxygen atoms in total. The van der Waals surface area contributed by atoms with Crippen LogP contribution in [0.25, 0.3) is 0 Å². The number of hydrogen-bond donors (Lipinski definition) is 3. The summed E-state index contributed by atoms with van der Waals surface area (Å²) in [6.07, 6.45) is 3.52. The van der Waals surface area contributed by atoms with Gasteiger partial charge in [-0.05, 0) is 56.2 Å². The molecule has 0 bridgehead atoms. The molecule has 2 aliphatic rings. The van der Waals surface area contributed by atoms with Crippen LogP contribution >= 0.6 is 0 Å². The van der Waals surface area contributed by atoms with Gasteiger partial charge in [0.05, 0.1) is 12.1 Å². The van der Waals surface area contributed by atoms with E-state index in [2.05, 4.69) is 29.4 Å². The fourth-order valence-corrected chi connectivity index (χ4v) is 7.20. The van der Waals surface area contributed by atoms with Gasteiger partial charge in [-0.1, -0.05) is 78.8 Å². The quantitative estimate of drug-likeness (QED) is 0.309. The number of likely N-dealkylation sites (tertiary alicyclic amines) is 2. The third-order valence-electron chi connectivity index (χ3n) is 9.97. The Bertz CT molecular complexity index is 1180. The van der Waals surface area contributed by atoms with Gasteiger partial charge < -0.3 is 26.2 Å². The van der Waals surface area contributed by atoms with Crippen molar-refractivity contribution >= 4 is 23.6 Å².